The number of carbonyl (C=O) groups excluding carboxylic acids is 1. The van der Waals surface area contributed by atoms with Gasteiger partial charge in [-0.05, 0) is 35.9 Å². The van der Waals surface area contributed by atoms with Crippen LogP contribution in [-0.2, 0) is 11.3 Å². The van der Waals surface area contributed by atoms with Crippen LogP contribution in [0.2, 0.25) is 0 Å². The van der Waals surface area contributed by atoms with Crippen LogP contribution in [0.15, 0.2) is 42.5 Å². The molecule has 4 nitrogen and oxygen atoms in total. The lowest BCUT2D eigenvalue weighted by molar-refractivity contribution is 0.0602. The minimum absolute atomic E-state index is 0.269. The molecule has 20 heavy (non-hydrogen) atoms. The van der Waals surface area contributed by atoms with E-state index in [1.807, 2.05) is 0 Å². The zero-order valence-electron chi connectivity index (χ0n) is 11.0. The highest BCUT2D eigenvalue weighted by molar-refractivity contribution is 5.96. The van der Waals surface area contributed by atoms with Crippen LogP contribution >= 0.6 is 0 Å². The number of nitrogens with two attached hydrogens (primary N) is 1. The van der Waals surface area contributed by atoms with Gasteiger partial charge in [-0.3, -0.25) is 0 Å². The van der Waals surface area contributed by atoms with Crippen molar-refractivity contribution in [3.8, 4) is 0 Å². The monoisotopic (exact) mass is 274 g/mol. The summed E-state index contributed by atoms with van der Waals surface area (Å²) in [6, 6.07) is 11.2. The number of methoxy groups -OCH3 is 1. The van der Waals surface area contributed by atoms with E-state index in [-0.39, 0.29) is 5.82 Å². The SMILES string of the molecule is COC(=O)c1cc(NCc2ccc(F)cc2)ccc1N. The van der Waals surface area contributed by atoms with Crippen molar-refractivity contribution in [1.29, 1.82) is 0 Å². The smallest absolute Gasteiger partial charge is 0.340 e. The van der Waals surface area contributed by atoms with Crippen LogP contribution in [0.5, 0.6) is 0 Å². The van der Waals surface area contributed by atoms with Crippen LogP contribution < -0.4 is 11.1 Å². The first-order valence-corrected chi connectivity index (χ1v) is 6.06. The van der Waals surface area contributed by atoms with Gasteiger partial charge in [0.1, 0.15) is 5.82 Å². The van der Waals surface area contributed by atoms with E-state index in [2.05, 4.69) is 10.1 Å². The summed E-state index contributed by atoms with van der Waals surface area (Å²) < 4.78 is 17.4. The largest absolute Gasteiger partial charge is 0.465 e. The summed E-state index contributed by atoms with van der Waals surface area (Å²) in [7, 11) is 1.31. The van der Waals surface area contributed by atoms with Gasteiger partial charge in [-0.2, -0.15) is 0 Å². The third-order valence-corrected chi connectivity index (χ3v) is 2.87. The Morgan fingerprint density at radius 2 is 1.95 bits per heavy atom. The molecule has 3 N–H and O–H groups in total. The second-order valence-corrected chi connectivity index (χ2v) is 4.27. The van der Waals surface area contributed by atoms with Crippen LogP contribution in [0.1, 0.15) is 15.9 Å². The molecule has 2 aromatic carbocycles. The first-order chi connectivity index (χ1) is 9.60. The first kappa shape index (κ1) is 13.9. The average Bonchev–Trinajstić information content (AvgIpc) is 2.47. The third-order valence-electron chi connectivity index (χ3n) is 2.87. The molecule has 0 fully saturated rings. The van der Waals surface area contributed by atoms with E-state index >= 15 is 0 Å². The highest BCUT2D eigenvalue weighted by Gasteiger charge is 2.10. The molecule has 0 unspecified atom stereocenters. The van der Waals surface area contributed by atoms with E-state index in [0.29, 0.717) is 17.8 Å². The Hall–Kier alpha value is -2.56. The quantitative estimate of drug-likeness (QED) is 0.664. The van der Waals surface area contributed by atoms with Gasteiger partial charge in [0.25, 0.3) is 0 Å². The van der Waals surface area contributed by atoms with Gasteiger partial charge in [0.2, 0.25) is 0 Å². The normalized spacial score (nSPS) is 10.1. The molecule has 0 amide bonds. The number of esters is 1. The molecule has 0 radical (unpaired) electrons. The highest BCUT2D eigenvalue weighted by atomic mass is 19.1. The fraction of sp³-hybridized carbons (Fsp3) is 0.133. The molecule has 0 saturated carbocycles. The van der Waals surface area contributed by atoms with Crippen molar-refractivity contribution in [3.63, 3.8) is 0 Å². The molecule has 0 heterocycles. The molecule has 0 aromatic heterocycles. The second kappa shape index (κ2) is 6.06. The average molecular weight is 274 g/mol. The van der Waals surface area contributed by atoms with E-state index in [1.165, 1.54) is 19.2 Å². The Morgan fingerprint density at radius 3 is 2.60 bits per heavy atom. The molecule has 0 bridgehead atoms. The van der Waals surface area contributed by atoms with Gasteiger partial charge in [-0.1, -0.05) is 12.1 Å². The van der Waals surface area contributed by atoms with Crippen molar-refractivity contribution in [1.82, 2.24) is 0 Å². The maximum absolute atomic E-state index is 12.8. The van der Waals surface area contributed by atoms with E-state index < -0.39 is 5.97 Å². The number of nitrogens with one attached hydrogen (secondary N) is 1. The van der Waals surface area contributed by atoms with Gasteiger partial charge in [-0.15, -0.1) is 0 Å². The van der Waals surface area contributed by atoms with Crippen LogP contribution in [0.3, 0.4) is 0 Å². The number of nitrogen functional groups attached to an aromatic ring is 1. The van der Waals surface area contributed by atoms with Gasteiger partial charge in [-0.25, -0.2) is 9.18 Å². The van der Waals surface area contributed by atoms with Crippen LogP contribution in [0.4, 0.5) is 15.8 Å². The highest BCUT2D eigenvalue weighted by Crippen LogP contribution is 2.19. The molecule has 0 saturated heterocycles. The molecule has 0 spiro atoms. The van der Waals surface area contributed by atoms with E-state index in [4.69, 9.17) is 5.73 Å². The van der Waals surface area contributed by atoms with Gasteiger partial charge in [0, 0.05) is 17.9 Å². The van der Waals surface area contributed by atoms with E-state index in [1.54, 1.807) is 30.3 Å². The molecule has 5 heteroatoms. The molecule has 0 aliphatic rings. The van der Waals surface area contributed by atoms with Crippen LogP contribution in [0.25, 0.3) is 0 Å². The Labute approximate surface area is 116 Å². The molecule has 0 atom stereocenters. The summed E-state index contributed by atoms with van der Waals surface area (Å²) in [4.78, 5) is 11.5. The third kappa shape index (κ3) is 3.26. The molecule has 2 aromatic rings. The number of hydrogen-bond acceptors (Lipinski definition) is 4. The Morgan fingerprint density at radius 1 is 1.25 bits per heavy atom. The first-order valence-electron chi connectivity index (χ1n) is 6.06. The maximum Gasteiger partial charge on any atom is 0.340 e. The fourth-order valence-corrected chi connectivity index (χ4v) is 1.76. The molecular formula is C15H15FN2O2. The number of benzene rings is 2. The topological polar surface area (TPSA) is 64.3 Å². The second-order valence-electron chi connectivity index (χ2n) is 4.27. The van der Waals surface area contributed by atoms with E-state index in [0.717, 1.165) is 11.3 Å². The van der Waals surface area contributed by atoms with Crippen molar-refractivity contribution in [2.75, 3.05) is 18.2 Å². The minimum atomic E-state index is -0.479. The lowest BCUT2D eigenvalue weighted by atomic mass is 10.1. The Balaban J connectivity index is 2.10. The van der Waals surface area contributed by atoms with Gasteiger partial charge >= 0.3 is 5.97 Å². The summed E-state index contributed by atoms with van der Waals surface area (Å²) in [5, 5.41) is 3.14. The van der Waals surface area contributed by atoms with Crippen molar-refractivity contribution in [3.05, 3.63) is 59.4 Å². The standard InChI is InChI=1S/C15H15FN2O2/c1-20-15(19)13-8-12(6-7-14(13)17)18-9-10-2-4-11(16)5-3-10/h2-8,18H,9,17H2,1H3. The zero-order valence-corrected chi connectivity index (χ0v) is 11.0. The molecule has 2 rings (SSSR count). The van der Waals surface area contributed by atoms with Crippen molar-refractivity contribution >= 4 is 17.3 Å². The number of rotatable bonds is 4. The predicted octanol–water partition coefficient (Wildman–Crippen LogP) is 2.81. The van der Waals surface area contributed by atoms with Gasteiger partial charge in [0.15, 0.2) is 0 Å². The minimum Gasteiger partial charge on any atom is -0.465 e. The zero-order chi connectivity index (χ0) is 14.5. The Kier molecular flexibility index (Phi) is 4.20. The number of hydrogen-bond donors (Lipinski definition) is 2. The predicted molar refractivity (Wildman–Crippen MR) is 75.9 cm³/mol. The molecular weight excluding hydrogens is 259 g/mol. The fourth-order valence-electron chi connectivity index (χ4n) is 1.76. The molecule has 104 valence electrons. The lowest BCUT2D eigenvalue weighted by Crippen LogP contribution is -2.07. The van der Waals surface area contributed by atoms with Crippen molar-refractivity contribution < 1.29 is 13.9 Å². The number of carbonyl (C=O) groups is 1. The Bertz CT molecular complexity index is 612. The maximum atomic E-state index is 12.8. The summed E-state index contributed by atoms with van der Waals surface area (Å²) >= 11 is 0. The van der Waals surface area contributed by atoms with Gasteiger partial charge in [0.05, 0.1) is 12.7 Å². The van der Waals surface area contributed by atoms with Crippen molar-refractivity contribution in [2.24, 2.45) is 0 Å². The summed E-state index contributed by atoms with van der Waals surface area (Å²) in [6.45, 7) is 0.519. The number of ether oxygens (including phenoxy) is 1. The lowest BCUT2D eigenvalue weighted by Gasteiger charge is -2.09. The molecule has 0 aliphatic heterocycles. The number of anilines is 2. The summed E-state index contributed by atoms with van der Waals surface area (Å²) in [5.41, 5.74) is 8.07. The summed E-state index contributed by atoms with van der Waals surface area (Å²) in [6.07, 6.45) is 0. The van der Waals surface area contributed by atoms with Crippen molar-refractivity contribution in [2.45, 2.75) is 6.54 Å². The summed E-state index contributed by atoms with van der Waals surface area (Å²) in [5.74, 6) is -0.748. The van der Waals surface area contributed by atoms with E-state index in [9.17, 15) is 9.18 Å². The van der Waals surface area contributed by atoms with Crippen LogP contribution in [0, 0.1) is 5.82 Å². The number of halogens is 1. The van der Waals surface area contributed by atoms with Gasteiger partial charge < -0.3 is 15.8 Å². The van der Waals surface area contributed by atoms with Crippen LogP contribution in [-0.4, -0.2) is 13.1 Å². The molecule has 0 aliphatic carbocycles.